The molecule has 0 aromatic carbocycles. The maximum atomic E-state index is 12.8. The predicted molar refractivity (Wildman–Crippen MR) is 113 cm³/mol. The van der Waals surface area contributed by atoms with Gasteiger partial charge in [0.15, 0.2) is 0 Å². The van der Waals surface area contributed by atoms with E-state index in [9.17, 15) is 14.4 Å². The number of carbonyl (C=O) groups excluding carboxylic acids is 3. The minimum Gasteiger partial charge on any atom is -0.336 e. The lowest BCUT2D eigenvalue weighted by molar-refractivity contribution is -0.131. The molecule has 0 aliphatic carbocycles. The number of aromatic nitrogens is 1. The number of amides is 2. The van der Waals surface area contributed by atoms with E-state index in [2.05, 4.69) is 20.4 Å². The van der Waals surface area contributed by atoms with Gasteiger partial charge in [-0.25, -0.2) is 9.99 Å². The lowest BCUT2D eigenvalue weighted by Gasteiger charge is -2.25. The first-order chi connectivity index (χ1) is 14.3. The summed E-state index contributed by atoms with van der Waals surface area (Å²) in [6.45, 7) is 4.47. The molecular weight excluding hydrogens is 386 g/mol. The molecule has 1 saturated heterocycles. The number of amidine groups is 1. The van der Waals surface area contributed by atoms with Crippen LogP contribution in [-0.4, -0.2) is 72.4 Å². The molecule has 30 heavy (non-hydrogen) atoms. The summed E-state index contributed by atoms with van der Waals surface area (Å²) in [5.41, 5.74) is -0.400. The van der Waals surface area contributed by atoms with E-state index in [4.69, 9.17) is 5.41 Å². The van der Waals surface area contributed by atoms with Gasteiger partial charge in [0.05, 0.1) is 12.5 Å². The molecule has 10 nitrogen and oxygen atoms in total. The maximum Gasteiger partial charge on any atom is 0.270 e. The van der Waals surface area contributed by atoms with Crippen LogP contribution in [0.5, 0.6) is 0 Å². The van der Waals surface area contributed by atoms with Crippen LogP contribution in [0.1, 0.15) is 30.8 Å². The Morgan fingerprint density at radius 2 is 2.20 bits per heavy atom. The number of anilines is 1. The molecule has 2 aliphatic heterocycles. The minimum atomic E-state index is -0.866. The van der Waals surface area contributed by atoms with Crippen molar-refractivity contribution < 1.29 is 14.4 Å². The Kier molecular flexibility index (Phi) is 6.04. The van der Waals surface area contributed by atoms with E-state index >= 15 is 0 Å². The summed E-state index contributed by atoms with van der Waals surface area (Å²) in [4.78, 5) is 45.9. The van der Waals surface area contributed by atoms with Crippen LogP contribution < -0.4 is 10.3 Å². The third-order valence-corrected chi connectivity index (χ3v) is 5.14. The first-order valence-electron chi connectivity index (χ1n) is 9.64. The minimum absolute atomic E-state index is 0.0290. The van der Waals surface area contributed by atoms with Crippen LogP contribution >= 0.6 is 0 Å². The van der Waals surface area contributed by atoms with Gasteiger partial charge in [0.1, 0.15) is 29.7 Å². The van der Waals surface area contributed by atoms with E-state index in [1.807, 2.05) is 13.8 Å². The molecule has 0 radical (unpaired) electrons. The Morgan fingerprint density at radius 3 is 2.80 bits per heavy atom. The first kappa shape index (κ1) is 21.3. The van der Waals surface area contributed by atoms with Crippen molar-refractivity contribution in [1.29, 1.82) is 5.41 Å². The topological polar surface area (TPSA) is 131 Å². The highest BCUT2D eigenvalue weighted by Crippen LogP contribution is 2.30. The number of hydrogen-bond donors (Lipinski definition) is 2. The van der Waals surface area contributed by atoms with Crippen LogP contribution in [0.15, 0.2) is 28.3 Å². The summed E-state index contributed by atoms with van der Waals surface area (Å²) in [6.07, 6.45) is 4.40. The fraction of sp³-hybridized carbons (Fsp3) is 0.450. The van der Waals surface area contributed by atoms with Crippen molar-refractivity contribution in [3.8, 4) is 0 Å². The summed E-state index contributed by atoms with van der Waals surface area (Å²) in [5.74, 6) is -0.549. The van der Waals surface area contributed by atoms with Gasteiger partial charge in [-0.15, -0.1) is 0 Å². The largest absolute Gasteiger partial charge is 0.336 e. The number of carbonyl (C=O) groups is 3. The molecule has 10 heteroatoms. The summed E-state index contributed by atoms with van der Waals surface area (Å²) in [6, 6.07) is 4.04. The van der Waals surface area contributed by atoms with E-state index in [0.29, 0.717) is 25.3 Å². The van der Waals surface area contributed by atoms with Gasteiger partial charge in [-0.3, -0.25) is 24.9 Å². The third kappa shape index (κ3) is 4.27. The highest BCUT2D eigenvalue weighted by atomic mass is 16.2. The van der Waals surface area contributed by atoms with Crippen molar-refractivity contribution in [2.75, 3.05) is 25.1 Å². The van der Waals surface area contributed by atoms with E-state index in [1.165, 1.54) is 24.4 Å². The van der Waals surface area contributed by atoms with Crippen molar-refractivity contribution >= 4 is 42.2 Å². The van der Waals surface area contributed by atoms with Crippen LogP contribution in [0.3, 0.4) is 0 Å². The SMILES string of the molecule is CN=CC(NC(=O)c1cccc(N2CC(C=O)C=N2)n1)C(=N)N1CCC(C)(C)C1=O. The second-order valence-corrected chi connectivity index (χ2v) is 7.86. The Hall–Kier alpha value is -3.43. The third-order valence-electron chi connectivity index (χ3n) is 5.14. The molecule has 2 aliphatic rings. The number of nitrogens with one attached hydrogen (secondary N) is 2. The van der Waals surface area contributed by atoms with Gasteiger partial charge < -0.3 is 10.1 Å². The Balaban J connectivity index is 1.74. The fourth-order valence-corrected chi connectivity index (χ4v) is 3.29. The highest BCUT2D eigenvalue weighted by molar-refractivity contribution is 6.11. The Labute approximate surface area is 174 Å². The number of rotatable bonds is 6. The van der Waals surface area contributed by atoms with Crippen LogP contribution in [0.25, 0.3) is 0 Å². The molecule has 1 aromatic heterocycles. The molecule has 0 spiro atoms. The second kappa shape index (κ2) is 8.52. The number of hydrogen-bond acceptors (Lipinski definition) is 8. The number of likely N-dealkylation sites (tertiary alicyclic amines) is 1. The molecule has 2 N–H and O–H groups in total. The summed E-state index contributed by atoms with van der Waals surface area (Å²) in [5, 5.41) is 16.8. The standard InChI is InChI=1S/C20H25N7O3/c1-20(2)7-8-26(19(20)30)17(21)15(10-22-3)25-18(29)14-5-4-6-16(24-14)27-11-13(12-28)9-23-27/h4-6,9-10,12-13,15,21H,7-8,11H2,1-3H3,(H,25,29). The summed E-state index contributed by atoms with van der Waals surface area (Å²) >= 11 is 0. The lowest BCUT2D eigenvalue weighted by Crippen LogP contribution is -2.50. The normalized spacial score (nSPS) is 21.3. The average molecular weight is 411 g/mol. The van der Waals surface area contributed by atoms with Crippen molar-refractivity contribution in [2.24, 2.45) is 21.4 Å². The van der Waals surface area contributed by atoms with E-state index < -0.39 is 17.4 Å². The first-order valence-corrected chi connectivity index (χ1v) is 9.64. The van der Waals surface area contributed by atoms with E-state index in [1.54, 1.807) is 23.2 Å². The lowest BCUT2D eigenvalue weighted by atomic mass is 9.92. The van der Waals surface area contributed by atoms with Crippen molar-refractivity contribution in [3.63, 3.8) is 0 Å². The highest BCUT2D eigenvalue weighted by Gasteiger charge is 2.41. The number of aldehydes is 1. The van der Waals surface area contributed by atoms with Crippen molar-refractivity contribution in [2.45, 2.75) is 26.3 Å². The molecule has 158 valence electrons. The number of pyridine rings is 1. The average Bonchev–Trinajstić information content (AvgIpc) is 3.32. The molecule has 0 bridgehead atoms. The van der Waals surface area contributed by atoms with Crippen LogP contribution in [0.4, 0.5) is 5.82 Å². The van der Waals surface area contributed by atoms with Crippen LogP contribution in [-0.2, 0) is 9.59 Å². The Bertz CT molecular complexity index is 925. The molecule has 2 atom stereocenters. The van der Waals surface area contributed by atoms with Gasteiger partial charge in [-0.05, 0) is 18.6 Å². The predicted octanol–water partition coefficient (Wildman–Crippen LogP) is 0.737. The number of nitrogens with zero attached hydrogens (tertiary/aromatic N) is 5. The molecule has 1 fully saturated rings. The summed E-state index contributed by atoms with van der Waals surface area (Å²) in [7, 11) is 1.54. The van der Waals surface area contributed by atoms with Gasteiger partial charge >= 0.3 is 0 Å². The zero-order chi connectivity index (χ0) is 21.9. The van der Waals surface area contributed by atoms with Gasteiger partial charge in [0, 0.05) is 31.4 Å². The van der Waals surface area contributed by atoms with E-state index in [-0.39, 0.29) is 23.4 Å². The number of hydrazone groups is 1. The quantitative estimate of drug-likeness (QED) is 0.405. The molecule has 2 unspecified atom stereocenters. The summed E-state index contributed by atoms with van der Waals surface area (Å²) < 4.78 is 0. The molecule has 3 heterocycles. The van der Waals surface area contributed by atoms with Crippen molar-refractivity contribution in [3.05, 3.63) is 23.9 Å². The van der Waals surface area contributed by atoms with Crippen LogP contribution in [0, 0.1) is 16.7 Å². The van der Waals surface area contributed by atoms with E-state index in [0.717, 1.165) is 6.29 Å². The van der Waals surface area contributed by atoms with Crippen LogP contribution in [0.2, 0.25) is 0 Å². The van der Waals surface area contributed by atoms with Gasteiger partial charge in [-0.2, -0.15) is 5.10 Å². The smallest absolute Gasteiger partial charge is 0.270 e. The Morgan fingerprint density at radius 1 is 1.43 bits per heavy atom. The maximum absolute atomic E-state index is 12.8. The molecule has 3 rings (SSSR count). The molecule has 1 aromatic rings. The monoisotopic (exact) mass is 411 g/mol. The van der Waals surface area contributed by atoms with Crippen molar-refractivity contribution in [1.82, 2.24) is 15.2 Å². The zero-order valence-corrected chi connectivity index (χ0v) is 17.2. The molecule has 0 saturated carbocycles. The zero-order valence-electron chi connectivity index (χ0n) is 17.2. The van der Waals surface area contributed by atoms with Gasteiger partial charge in [0.25, 0.3) is 5.91 Å². The molecular formula is C20H25N7O3. The van der Waals surface area contributed by atoms with Gasteiger partial charge in [-0.1, -0.05) is 19.9 Å². The second-order valence-electron chi connectivity index (χ2n) is 7.86. The molecule has 2 amide bonds. The number of aliphatic imine (C=N–C) groups is 1. The van der Waals surface area contributed by atoms with Gasteiger partial charge in [0.2, 0.25) is 5.91 Å². The fourth-order valence-electron chi connectivity index (χ4n) is 3.29.